The third-order valence-electron chi connectivity index (χ3n) is 6.77. The zero-order valence-corrected chi connectivity index (χ0v) is 22.2. The molecule has 1 heterocycles. The average molecular weight is 515 g/mol. The number of amides is 1. The second-order valence-corrected chi connectivity index (χ2v) is 9.83. The second kappa shape index (κ2) is 13.4. The Morgan fingerprint density at radius 3 is 1.49 bits per heavy atom. The van der Waals surface area contributed by atoms with Gasteiger partial charge in [-0.1, -0.05) is 121 Å². The number of furan rings is 1. The molecule has 0 aliphatic rings. The van der Waals surface area contributed by atoms with Gasteiger partial charge < -0.3 is 9.32 Å². The fourth-order valence-electron chi connectivity index (χ4n) is 4.77. The molecule has 0 fully saturated rings. The maximum Gasteiger partial charge on any atom is 0.289 e. The van der Waals surface area contributed by atoms with E-state index in [0.717, 1.165) is 30.8 Å². The van der Waals surface area contributed by atoms with E-state index in [4.69, 9.17) is 4.42 Å². The lowest BCUT2D eigenvalue weighted by Gasteiger charge is -2.23. The summed E-state index contributed by atoms with van der Waals surface area (Å²) >= 11 is 0. The van der Waals surface area contributed by atoms with Gasteiger partial charge in [0.05, 0.1) is 6.54 Å². The van der Waals surface area contributed by atoms with Crippen LogP contribution in [0.3, 0.4) is 0 Å². The van der Waals surface area contributed by atoms with Crippen molar-refractivity contribution in [2.75, 3.05) is 6.54 Å². The first-order valence-electron chi connectivity index (χ1n) is 13.5. The van der Waals surface area contributed by atoms with Gasteiger partial charge in [0.25, 0.3) is 5.91 Å². The second-order valence-electron chi connectivity index (χ2n) is 9.83. The van der Waals surface area contributed by atoms with Crippen molar-refractivity contribution in [3.63, 3.8) is 0 Å². The molecule has 4 aromatic carbocycles. The number of carbonyl (C=O) groups is 1. The van der Waals surface area contributed by atoms with E-state index < -0.39 is 0 Å². The number of benzene rings is 4. The van der Waals surface area contributed by atoms with Crippen LogP contribution in [0.15, 0.2) is 138 Å². The molecule has 0 unspecified atom stereocenters. The summed E-state index contributed by atoms with van der Waals surface area (Å²) in [5.41, 5.74) is 4.79. The van der Waals surface area contributed by atoms with Gasteiger partial charge in [0.2, 0.25) is 0 Å². The molecule has 4 heteroatoms. The Bertz CT molecular complexity index is 1380. The predicted molar refractivity (Wildman–Crippen MR) is 156 cm³/mol. The summed E-state index contributed by atoms with van der Waals surface area (Å²) in [5, 5.41) is 0. The average Bonchev–Trinajstić information content (AvgIpc) is 3.45. The van der Waals surface area contributed by atoms with Crippen LogP contribution in [0, 0.1) is 0 Å². The molecule has 0 saturated carbocycles. The number of nitrogens with zero attached hydrogens (tertiary/aromatic N) is 2. The molecule has 1 aromatic heterocycles. The van der Waals surface area contributed by atoms with E-state index in [0.29, 0.717) is 25.4 Å². The van der Waals surface area contributed by atoms with Gasteiger partial charge >= 0.3 is 0 Å². The van der Waals surface area contributed by atoms with Crippen molar-refractivity contribution < 1.29 is 9.21 Å². The molecule has 0 N–H and O–H groups in total. The Kier molecular flexibility index (Phi) is 9.01. The van der Waals surface area contributed by atoms with Crippen LogP contribution in [0.2, 0.25) is 0 Å². The largest absolute Gasteiger partial charge is 0.455 e. The molecule has 0 saturated heterocycles. The Hall–Kier alpha value is -4.41. The molecule has 0 atom stereocenters. The lowest BCUT2D eigenvalue weighted by Crippen LogP contribution is -2.32. The Balaban J connectivity index is 1.31. The van der Waals surface area contributed by atoms with Crippen molar-refractivity contribution in [2.24, 2.45) is 0 Å². The summed E-state index contributed by atoms with van der Waals surface area (Å²) in [4.78, 5) is 17.9. The summed E-state index contributed by atoms with van der Waals surface area (Å²) in [6.07, 6.45) is 0.787. The molecular weight excluding hydrogens is 480 g/mol. The van der Waals surface area contributed by atoms with E-state index in [-0.39, 0.29) is 5.91 Å². The SMILES string of the molecule is O=C(c1ccc(CN(Cc2ccccc2)Cc2ccccc2)o1)N(CCc1ccccc1)Cc1ccccc1. The minimum atomic E-state index is -0.0845. The third-order valence-corrected chi connectivity index (χ3v) is 6.77. The van der Waals surface area contributed by atoms with Crippen LogP contribution in [-0.4, -0.2) is 22.3 Å². The first-order chi connectivity index (χ1) is 19.2. The summed E-state index contributed by atoms with van der Waals surface area (Å²) in [5.74, 6) is 1.08. The Labute approximate surface area is 231 Å². The first kappa shape index (κ1) is 26.2. The Morgan fingerprint density at radius 1 is 0.513 bits per heavy atom. The minimum absolute atomic E-state index is 0.0845. The highest BCUT2D eigenvalue weighted by atomic mass is 16.4. The number of hydrogen-bond acceptors (Lipinski definition) is 3. The maximum atomic E-state index is 13.7. The van der Waals surface area contributed by atoms with Crippen molar-refractivity contribution >= 4 is 5.91 Å². The maximum absolute atomic E-state index is 13.7. The molecule has 5 rings (SSSR count). The lowest BCUT2D eigenvalue weighted by molar-refractivity contribution is 0.0708. The molecule has 0 aliphatic carbocycles. The van der Waals surface area contributed by atoms with Crippen LogP contribution in [0.25, 0.3) is 0 Å². The summed E-state index contributed by atoms with van der Waals surface area (Å²) < 4.78 is 6.19. The number of hydrogen-bond donors (Lipinski definition) is 0. The molecular formula is C35H34N2O2. The number of rotatable bonds is 12. The van der Waals surface area contributed by atoms with Crippen molar-refractivity contribution in [1.29, 1.82) is 0 Å². The molecule has 39 heavy (non-hydrogen) atoms. The van der Waals surface area contributed by atoms with E-state index in [2.05, 4.69) is 77.7 Å². The zero-order chi connectivity index (χ0) is 26.7. The fourth-order valence-corrected chi connectivity index (χ4v) is 4.77. The Morgan fingerprint density at radius 2 is 0.974 bits per heavy atom. The van der Waals surface area contributed by atoms with Crippen LogP contribution in [0.5, 0.6) is 0 Å². The lowest BCUT2D eigenvalue weighted by atomic mass is 10.1. The monoisotopic (exact) mass is 514 g/mol. The van der Waals surface area contributed by atoms with Crippen LogP contribution in [-0.2, 0) is 32.6 Å². The van der Waals surface area contributed by atoms with Crippen LogP contribution < -0.4 is 0 Å². The van der Waals surface area contributed by atoms with Crippen molar-refractivity contribution in [3.05, 3.63) is 167 Å². The molecule has 0 spiro atoms. The van der Waals surface area contributed by atoms with Gasteiger partial charge in [-0.15, -0.1) is 0 Å². The van der Waals surface area contributed by atoms with E-state index in [1.807, 2.05) is 65.6 Å². The van der Waals surface area contributed by atoms with Gasteiger partial charge in [-0.05, 0) is 40.8 Å². The molecule has 1 amide bonds. The topological polar surface area (TPSA) is 36.7 Å². The van der Waals surface area contributed by atoms with Crippen LogP contribution >= 0.6 is 0 Å². The minimum Gasteiger partial charge on any atom is -0.455 e. The molecule has 196 valence electrons. The van der Waals surface area contributed by atoms with Gasteiger partial charge in [-0.3, -0.25) is 9.69 Å². The van der Waals surface area contributed by atoms with E-state index in [9.17, 15) is 4.79 Å². The van der Waals surface area contributed by atoms with Gasteiger partial charge in [0.15, 0.2) is 5.76 Å². The summed E-state index contributed by atoms with van der Waals surface area (Å²) in [7, 11) is 0. The molecule has 0 aliphatic heterocycles. The van der Waals surface area contributed by atoms with Crippen molar-refractivity contribution in [2.45, 2.75) is 32.6 Å². The van der Waals surface area contributed by atoms with Crippen LogP contribution in [0.1, 0.15) is 38.6 Å². The van der Waals surface area contributed by atoms with E-state index in [1.165, 1.54) is 16.7 Å². The number of carbonyl (C=O) groups excluding carboxylic acids is 1. The molecule has 0 radical (unpaired) electrons. The van der Waals surface area contributed by atoms with Crippen LogP contribution in [0.4, 0.5) is 0 Å². The molecule has 5 aromatic rings. The van der Waals surface area contributed by atoms with Gasteiger partial charge in [0.1, 0.15) is 5.76 Å². The third kappa shape index (κ3) is 7.79. The smallest absolute Gasteiger partial charge is 0.289 e. The predicted octanol–water partition coefficient (Wildman–Crippen LogP) is 7.37. The highest BCUT2D eigenvalue weighted by Crippen LogP contribution is 2.19. The summed E-state index contributed by atoms with van der Waals surface area (Å²) in [6, 6.07) is 45.1. The van der Waals surface area contributed by atoms with Gasteiger partial charge in [-0.25, -0.2) is 0 Å². The van der Waals surface area contributed by atoms with Gasteiger partial charge in [-0.2, -0.15) is 0 Å². The first-order valence-corrected chi connectivity index (χ1v) is 13.5. The highest BCUT2D eigenvalue weighted by Gasteiger charge is 2.21. The normalized spacial score (nSPS) is 11.0. The summed E-state index contributed by atoms with van der Waals surface area (Å²) in [6.45, 7) is 3.34. The van der Waals surface area contributed by atoms with E-state index in [1.54, 1.807) is 0 Å². The standard InChI is InChI=1S/C35H34N2O2/c38-35(37(27-32-19-11-4-12-20-32)24-23-29-13-5-1-6-14-29)34-22-21-33(39-34)28-36(25-30-15-7-2-8-16-30)26-31-17-9-3-10-18-31/h1-22H,23-28H2. The molecule has 4 nitrogen and oxygen atoms in total. The highest BCUT2D eigenvalue weighted by molar-refractivity contribution is 5.91. The molecule has 0 bridgehead atoms. The quantitative estimate of drug-likeness (QED) is 0.174. The van der Waals surface area contributed by atoms with Crippen molar-refractivity contribution in [3.8, 4) is 0 Å². The van der Waals surface area contributed by atoms with Crippen molar-refractivity contribution in [1.82, 2.24) is 9.80 Å². The van der Waals surface area contributed by atoms with E-state index >= 15 is 0 Å². The fraction of sp³-hybridized carbons (Fsp3) is 0.171. The van der Waals surface area contributed by atoms with Gasteiger partial charge in [0, 0.05) is 26.2 Å². The zero-order valence-electron chi connectivity index (χ0n) is 22.2.